The predicted molar refractivity (Wildman–Crippen MR) is 90.1 cm³/mol. The normalized spacial score (nSPS) is 32.5. The molecule has 1 aliphatic heterocycles. The minimum absolute atomic E-state index is 0.0637. The maximum atomic E-state index is 11.2. The van der Waals surface area contributed by atoms with E-state index >= 15 is 0 Å². The van der Waals surface area contributed by atoms with Crippen LogP contribution in [-0.2, 0) is 0 Å². The molecule has 0 aromatic heterocycles. The van der Waals surface area contributed by atoms with Crippen LogP contribution in [0.2, 0.25) is 0 Å². The van der Waals surface area contributed by atoms with Crippen LogP contribution in [0.25, 0.3) is 0 Å². The van der Waals surface area contributed by atoms with Gasteiger partial charge in [-0.15, -0.1) is 0 Å². The third-order valence-electron chi connectivity index (χ3n) is 5.86. The number of quaternary nitrogens is 1. The fourth-order valence-electron chi connectivity index (χ4n) is 4.67. The molecule has 0 radical (unpaired) electrons. The summed E-state index contributed by atoms with van der Waals surface area (Å²) in [5.41, 5.74) is 0.433. The first-order valence-electron chi connectivity index (χ1n) is 8.79. The van der Waals surface area contributed by atoms with Crippen molar-refractivity contribution < 1.29 is 19.5 Å². The van der Waals surface area contributed by atoms with Gasteiger partial charge in [0.15, 0.2) is 6.54 Å². The Morgan fingerprint density at radius 2 is 2.12 bits per heavy atom. The molecule has 1 aliphatic carbocycles. The Morgan fingerprint density at radius 3 is 2.83 bits per heavy atom. The van der Waals surface area contributed by atoms with E-state index in [1.807, 2.05) is 18.2 Å². The quantitative estimate of drug-likeness (QED) is 0.820. The first-order valence-corrected chi connectivity index (χ1v) is 8.79. The largest absolute Gasteiger partial charge is 0.497 e. The number of benzene rings is 1. The molecule has 0 spiro atoms. The van der Waals surface area contributed by atoms with Gasteiger partial charge in [0.1, 0.15) is 23.6 Å². The van der Waals surface area contributed by atoms with Crippen LogP contribution in [0.1, 0.15) is 43.7 Å². The third-order valence-corrected chi connectivity index (χ3v) is 5.86. The highest BCUT2D eigenvalue weighted by molar-refractivity contribution is 5.42. The molecule has 1 saturated carbocycles. The number of nitrogens with one attached hydrogen (secondary N) is 1. The van der Waals surface area contributed by atoms with E-state index in [9.17, 15) is 10.4 Å². The molecule has 1 aromatic carbocycles. The minimum atomic E-state index is -0.615. The summed E-state index contributed by atoms with van der Waals surface area (Å²) in [6, 6.07) is 8.22. The number of piperidine rings is 1. The highest BCUT2D eigenvalue weighted by Crippen LogP contribution is 2.46. The molecule has 4 atom stereocenters. The van der Waals surface area contributed by atoms with Crippen molar-refractivity contribution in [1.29, 1.82) is 5.26 Å². The molecule has 2 fully saturated rings. The SMILES string of the molecule is COc1ccc(OC)c([C@H]2[C@H]3CCCC[C@]3(O)CC[NH+]2CC#N)c1. The molecule has 2 aliphatic rings. The highest BCUT2D eigenvalue weighted by atomic mass is 16.5. The molecule has 1 aromatic rings. The first kappa shape index (κ1) is 17.1. The van der Waals surface area contributed by atoms with Gasteiger partial charge in [-0.05, 0) is 31.0 Å². The van der Waals surface area contributed by atoms with Gasteiger partial charge < -0.3 is 19.5 Å². The zero-order chi connectivity index (χ0) is 17.2. The Bertz CT molecular complexity index is 628. The number of hydrogen-bond acceptors (Lipinski definition) is 4. The second kappa shape index (κ2) is 7.00. The van der Waals surface area contributed by atoms with Crippen LogP contribution in [0.15, 0.2) is 18.2 Å². The molecule has 1 heterocycles. The van der Waals surface area contributed by atoms with E-state index < -0.39 is 5.60 Å². The van der Waals surface area contributed by atoms with E-state index in [1.54, 1.807) is 14.2 Å². The number of nitriles is 1. The zero-order valence-corrected chi connectivity index (χ0v) is 14.5. The second-order valence-electron chi connectivity index (χ2n) is 7.03. The Kier molecular flexibility index (Phi) is 4.98. The standard InChI is InChI=1S/C19H26N2O3/c1-23-14-6-7-17(24-2)15(13-14)18-16-5-3-4-8-19(16,22)9-11-21(18)12-10-20/h6-7,13,16,18,22H,3-5,8-9,11-12H2,1-2H3/p+1/t16-,18+,19+/m1/s1. The lowest BCUT2D eigenvalue weighted by Crippen LogP contribution is -3.15. The lowest BCUT2D eigenvalue weighted by Gasteiger charge is -2.49. The molecule has 0 bridgehead atoms. The Labute approximate surface area is 143 Å². The van der Waals surface area contributed by atoms with E-state index in [-0.39, 0.29) is 12.0 Å². The smallest absolute Gasteiger partial charge is 0.165 e. The fourth-order valence-corrected chi connectivity index (χ4v) is 4.67. The van der Waals surface area contributed by atoms with E-state index in [4.69, 9.17) is 9.47 Å². The predicted octanol–water partition coefficient (Wildman–Crippen LogP) is 1.48. The fraction of sp³-hybridized carbons (Fsp3) is 0.632. The van der Waals surface area contributed by atoms with Crippen molar-refractivity contribution in [3.63, 3.8) is 0 Å². The van der Waals surface area contributed by atoms with Crippen LogP contribution < -0.4 is 14.4 Å². The Hall–Kier alpha value is -1.77. The van der Waals surface area contributed by atoms with Gasteiger partial charge in [-0.25, -0.2) is 0 Å². The summed E-state index contributed by atoms with van der Waals surface area (Å²) in [6.07, 6.45) is 4.85. The first-order chi connectivity index (χ1) is 11.6. The number of nitrogens with zero attached hydrogens (tertiary/aromatic N) is 1. The van der Waals surface area contributed by atoms with Gasteiger partial charge in [0.2, 0.25) is 0 Å². The highest BCUT2D eigenvalue weighted by Gasteiger charge is 2.52. The summed E-state index contributed by atoms with van der Waals surface area (Å²) in [4.78, 5) is 1.22. The lowest BCUT2D eigenvalue weighted by atomic mass is 9.66. The average Bonchev–Trinajstić information content (AvgIpc) is 2.61. The molecule has 3 rings (SSSR count). The number of methoxy groups -OCH3 is 2. The number of hydrogen-bond donors (Lipinski definition) is 2. The van der Waals surface area contributed by atoms with E-state index in [2.05, 4.69) is 6.07 Å². The van der Waals surface area contributed by atoms with Gasteiger partial charge in [0.05, 0.1) is 31.9 Å². The maximum absolute atomic E-state index is 11.2. The van der Waals surface area contributed by atoms with Crippen LogP contribution in [0.5, 0.6) is 11.5 Å². The van der Waals surface area contributed by atoms with Crippen molar-refractivity contribution >= 4 is 0 Å². The summed E-state index contributed by atoms with van der Waals surface area (Å²) in [5, 5.41) is 20.5. The summed E-state index contributed by atoms with van der Waals surface area (Å²) in [7, 11) is 3.33. The summed E-state index contributed by atoms with van der Waals surface area (Å²) >= 11 is 0. The number of fused-ring (bicyclic) bond motifs is 1. The van der Waals surface area contributed by atoms with Gasteiger partial charge in [0, 0.05) is 12.3 Å². The molecule has 130 valence electrons. The van der Waals surface area contributed by atoms with E-state index in [1.165, 1.54) is 4.90 Å². The molecule has 24 heavy (non-hydrogen) atoms. The van der Waals surface area contributed by atoms with Crippen LogP contribution in [-0.4, -0.2) is 38.0 Å². The lowest BCUT2D eigenvalue weighted by molar-refractivity contribution is -0.938. The third kappa shape index (κ3) is 2.97. The average molecular weight is 331 g/mol. The molecular weight excluding hydrogens is 304 g/mol. The molecular formula is C19H27N2O3+. The minimum Gasteiger partial charge on any atom is -0.497 e. The van der Waals surface area contributed by atoms with Crippen molar-refractivity contribution in [2.24, 2.45) is 5.92 Å². The number of rotatable bonds is 4. The zero-order valence-electron chi connectivity index (χ0n) is 14.5. The van der Waals surface area contributed by atoms with Crippen molar-refractivity contribution in [3.05, 3.63) is 23.8 Å². The Morgan fingerprint density at radius 1 is 1.29 bits per heavy atom. The summed E-state index contributed by atoms with van der Waals surface area (Å²) in [6.45, 7) is 1.25. The topological polar surface area (TPSA) is 66.9 Å². The van der Waals surface area contributed by atoms with Crippen LogP contribution >= 0.6 is 0 Å². The Balaban J connectivity index is 2.07. The molecule has 2 N–H and O–H groups in total. The van der Waals surface area contributed by atoms with Gasteiger partial charge in [0.25, 0.3) is 0 Å². The van der Waals surface area contributed by atoms with Gasteiger partial charge in [-0.3, -0.25) is 0 Å². The number of ether oxygens (including phenoxy) is 2. The second-order valence-corrected chi connectivity index (χ2v) is 7.03. The van der Waals surface area contributed by atoms with Crippen molar-refractivity contribution in [3.8, 4) is 17.6 Å². The van der Waals surface area contributed by atoms with Gasteiger partial charge in [-0.2, -0.15) is 5.26 Å². The van der Waals surface area contributed by atoms with Crippen molar-refractivity contribution in [1.82, 2.24) is 0 Å². The molecule has 1 saturated heterocycles. The summed E-state index contributed by atoms with van der Waals surface area (Å²) < 4.78 is 11.0. The summed E-state index contributed by atoms with van der Waals surface area (Å²) in [5.74, 6) is 1.75. The van der Waals surface area contributed by atoms with Crippen molar-refractivity contribution in [2.45, 2.75) is 43.7 Å². The molecule has 1 unspecified atom stereocenters. The van der Waals surface area contributed by atoms with Crippen molar-refractivity contribution in [2.75, 3.05) is 27.3 Å². The van der Waals surface area contributed by atoms with Crippen LogP contribution in [0, 0.1) is 17.2 Å². The monoisotopic (exact) mass is 331 g/mol. The maximum Gasteiger partial charge on any atom is 0.165 e. The number of likely N-dealkylation sites (tertiary alicyclic amines) is 1. The number of aliphatic hydroxyl groups is 1. The molecule has 0 amide bonds. The van der Waals surface area contributed by atoms with Crippen LogP contribution in [0.3, 0.4) is 0 Å². The molecule has 5 heteroatoms. The van der Waals surface area contributed by atoms with Gasteiger partial charge >= 0.3 is 0 Å². The van der Waals surface area contributed by atoms with Crippen LogP contribution in [0.4, 0.5) is 0 Å². The van der Waals surface area contributed by atoms with Gasteiger partial charge in [-0.1, -0.05) is 12.8 Å². The van der Waals surface area contributed by atoms with E-state index in [0.29, 0.717) is 6.54 Å². The van der Waals surface area contributed by atoms with E-state index in [0.717, 1.165) is 55.7 Å². The molecule has 5 nitrogen and oxygen atoms in total.